The summed E-state index contributed by atoms with van der Waals surface area (Å²) in [6, 6.07) is 0. The van der Waals surface area contributed by atoms with E-state index in [4.69, 9.17) is 9.47 Å². The van der Waals surface area contributed by atoms with Crippen LogP contribution in [0.25, 0.3) is 0 Å². The molecule has 3 rings (SSSR count). The van der Waals surface area contributed by atoms with Crippen molar-refractivity contribution in [3.8, 4) is 0 Å². The van der Waals surface area contributed by atoms with Crippen molar-refractivity contribution in [3.05, 3.63) is 23.8 Å². The molecule has 4 atom stereocenters. The van der Waals surface area contributed by atoms with Crippen LogP contribution in [0.3, 0.4) is 0 Å². The molecule has 134 valence electrons. The number of fused-ring (bicyclic) bond motifs is 1. The van der Waals surface area contributed by atoms with Gasteiger partial charge in [-0.1, -0.05) is 45.4 Å². The van der Waals surface area contributed by atoms with Gasteiger partial charge in [0.05, 0.1) is 0 Å². The van der Waals surface area contributed by atoms with E-state index in [1.807, 2.05) is 0 Å². The number of methoxy groups -OCH3 is 1. The van der Waals surface area contributed by atoms with Gasteiger partial charge >= 0.3 is 5.97 Å². The van der Waals surface area contributed by atoms with Gasteiger partial charge in [0.1, 0.15) is 0 Å². The largest absolute Gasteiger partial charge is 0.432 e. The van der Waals surface area contributed by atoms with Crippen molar-refractivity contribution < 1.29 is 14.3 Å². The predicted molar refractivity (Wildman–Crippen MR) is 95.3 cm³/mol. The van der Waals surface area contributed by atoms with Gasteiger partial charge in [0.25, 0.3) is 0 Å². The maximum Gasteiger partial charge on any atom is 0.336 e. The third-order valence-corrected chi connectivity index (χ3v) is 7.07. The molecule has 1 heterocycles. The lowest BCUT2D eigenvalue weighted by molar-refractivity contribution is -0.156. The average molecular weight is 332 g/mol. The van der Waals surface area contributed by atoms with Gasteiger partial charge < -0.3 is 9.47 Å². The van der Waals surface area contributed by atoms with E-state index in [1.54, 1.807) is 7.11 Å². The van der Waals surface area contributed by atoms with Crippen molar-refractivity contribution in [2.45, 2.75) is 72.0 Å². The zero-order valence-corrected chi connectivity index (χ0v) is 15.7. The molecule has 0 spiro atoms. The Morgan fingerprint density at radius 2 is 2.08 bits per heavy atom. The summed E-state index contributed by atoms with van der Waals surface area (Å²) in [7, 11) is 1.58. The van der Waals surface area contributed by atoms with Crippen molar-refractivity contribution in [3.63, 3.8) is 0 Å². The predicted octanol–water partition coefficient (Wildman–Crippen LogP) is 5.02. The van der Waals surface area contributed by atoms with Gasteiger partial charge in [-0.05, 0) is 54.8 Å². The first-order chi connectivity index (χ1) is 11.3. The quantitative estimate of drug-likeness (QED) is 0.413. The van der Waals surface area contributed by atoms with E-state index in [2.05, 4.69) is 33.4 Å². The highest BCUT2D eigenvalue weighted by atomic mass is 16.7. The molecule has 0 amide bonds. The number of allylic oxidation sites excluding steroid dienone is 2. The van der Waals surface area contributed by atoms with Crippen molar-refractivity contribution in [2.75, 3.05) is 7.11 Å². The highest BCUT2D eigenvalue weighted by molar-refractivity contribution is 5.90. The number of hydrogen-bond acceptors (Lipinski definition) is 3. The van der Waals surface area contributed by atoms with Crippen LogP contribution in [0.15, 0.2) is 23.8 Å². The number of ether oxygens (including phenoxy) is 2. The molecule has 0 aromatic carbocycles. The Labute approximate surface area is 146 Å². The topological polar surface area (TPSA) is 35.5 Å². The van der Waals surface area contributed by atoms with Crippen LogP contribution in [-0.2, 0) is 14.3 Å². The van der Waals surface area contributed by atoms with E-state index in [9.17, 15) is 4.79 Å². The Bertz CT molecular complexity index is 559. The minimum Gasteiger partial charge on any atom is -0.432 e. The molecule has 3 aliphatic rings. The fourth-order valence-corrected chi connectivity index (χ4v) is 5.77. The van der Waals surface area contributed by atoms with Gasteiger partial charge in [0.15, 0.2) is 0 Å². The molecular formula is C21H32O3. The molecule has 0 radical (unpaired) electrons. The zero-order chi connectivity index (χ0) is 17.5. The number of esters is 1. The van der Waals surface area contributed by atoms with Crippen LogP contribution in [0.1, 0.15) is 65.7 Å². The SMILES string of the molecule is C=C1CC[C@H]2C(C)(C)CCC[C@]2(C)[C@H]1C/C=C1\CC(OC)OC1=O. The summed E-state index contributed by atoms with van der Waals surface area (Å²) in [5.74, 6) is 1.00. The van der Waals surface area contributed by atoms with Crippen LogP contribution in [0.2, 0.25) is 0 Å². The van der Waals surface area contributed by atoms with Crippen LogP contribution in [0.5, 0.6) is 0 Å². The zero-order valence-electron chi connectivity index (χ0n) is 15.7. The van der Waals surface area contributed by atoms with E-state index in [0.717, 1.165) is 24.3 Å². The third kappa shape index (κ3) is 2.96. The minimum atomic E-state index is -0.407. The second kappa shape index (κ2) is 6.33. The molecule has 2 saturated carbocycles. The summed E-state index contributed by atoms with van der Waals surface area (Å²) in [4.78, 5) is 12.0. The van der Waals surface area contributed by atoms with Crippen LogP contribution >= 0.6 is 0 Å². The standard InChI is InChI=1S/C21H32O3/c1-14-7-10-17-20(2,3)11-6-12-21(17,4)16(14)9-8-15-13-18(23-5)24-19(15)22/h8,16-18H,1,6-7,9-13H2,2-5H3/b15-8+/t16-,17-,18?,21+/m0/s1. The molecule has 0 aromatic rings. The first kappa shape index (κ1) is 17.7. The Morgan fingerprint density at radius 1 is 1.33 bits per heavy atom. The van der Waals surface area contributed by atoms with Gasteiger partial charge in [-0.3, -0.25) is 0 Å². The molecular weight excluding hydrogens is 300 g/mol. The van der Waals surface area contributed by atoms with Crippen molar-refractivity contribution in [1.29, 1.82) is 0 Å². The van der Waals surface area contributed by atoms with Gasteiger partial charge in [-0.25, -0.2) is 4.79 Å². The van der Waals surface area contributed by atoms with E-state index in [1.165, 1.54) is 31.3 Å². The lowest BCUT2D eigenvalue weighted by Gasteiger charge is -2.58. The average Bonchev–Trinajstić information content (AvgIpc) is 2.86. The lowest BCUT2D eigenvalue weighted by atomic mass is 9.47. The Hall–Kier alpha value is -1.09. The molecule has 24 heavy (non-hydrogen) atoms. The Morgan fingerprint density at radius 3 is 2.75 bits per heavy atom. The first-order valence-electron chi connectivity index (χ1n) is 9.38. The van der Waals surface area contributed by atoms with Gasteiger partial charge in [0.2, 0.25) is 6.29 Å². The van der Waals surface area contributed by atoms with Gasteiger partial charge in [-0.2, -0.15) is 0 Å². The normalized spacial score (nSPS) is 40.5. The highest BCUT2D eigenvalue weighted by Crippen LogP contribution is 2.61. The number of carbonyl (C=O) groups excluding carboxylic acids is 1. The van der Waals surface area contributed by atoms with Crippen LogP contribution in [-0.4, -0.2) is 19.4 Å². The smallest absolute Gasteiger partial charge is 0.336 e. The summed E-state index contributed by atoms with van der Waals surface area (Å²) in [6.07, 6.45) is 9.47. The molecule has 1 saturated heterocycles. The minimum absolute atomic E-state index is 0.214. The second-order valence-electron chi connectivity index (χ2n) is 8.89. The Kier molecular flexibility index (Phi) is 4.67. The van der Waals surface area contributed by atoms with Crippen LogP contribution in [0.4, 0.5) is 0 Å². The highest BCUT2D eigenvalue weighted by Gasteiger charge is 2.52. The summed E-state index contributed by atoms with van der Waals surface area (Å²) in [6.45, 7) is 11.8. The summed E-state index contributed by atoms with van der Waals surface area (Å²) < 4.78 is 10.4. The summed E-state index contributed by atoms with van der Waals surface area (Å²) in [5.41, 5.74) is 2.86. The van der Waals surface area contributed by atoms with Crippen molar-refractivity contribution in [1.82, 2.24) is 0 Å². The second-order valence-corrected chi connectivity index (χ2v) is 8.89. The van der Waals surface area contributed by atoms with E-state index in [-0.39, 0.29) is 5.97 Å². The molecule has 3 heteroatoms. The molecule has 0 aromatic heterocycles. The number of rotatable bonds is 3. The van der Waals surface area contributed by atoms with Crippen LogP contribution in [0, 0.1) is 22.7 Å². The Balaban J connectivity index is 1.81. The van der Waals surface area contributed by atoms with Crippen molar-refractivity contribution >= 4 is 5.97 Å². The van der Waals surface area contributed by atoms with Gasteiger partial charge in [-0.15, -0.1) is 0 Å². The molecule has 2 aliphatic carbocycles. The first-order valence-corrected chi connectivity index (χ1v) is 9.38. The number of carbonyl (C=O) groups is 1. The lowest BCUT2D eigenvalue weighted by Crippen LogP contribution is -2.49. The summed E-state index contributed by atoms with van der Waals surface area (Å²) in [5, 5.41) is 0. The fourth-order valence-electron chi connectivity index (χ4n) is 5.77. The van der Waals surface area contributed by atoms with Gasteiger partial charge in [0, 0.05) is 19.1 Å². The van der Waals surface area contributed by atoms with E-state index in [0.29, 0.717) is 23.2 Å². The summed E-state index contributed by atoms with van der Waals surface area (Å²) >= 11 is 0. The number of cyclic esters (lactones) is 1. The molecule has 3 fully saturated rings. The molecule has 0 bridgehead atoms. The number of hydrogen-bond donors (Lipinski definition) is 0. The third-order valence-electron chi connectivity index (χ3n) is 7.07. The monoisotopic (exact) mass is 332 g/mol. The fraction of sp³-hybridized carbons (Fsp3) is 0.762. The van der Waals surface area contributed by atoms with Crippen LogP contribution < -0.4 is 0 Å². The molecule has 3 nitrogen and oxygen atoms in total. The van der Waals surface area contributed by atoms with Crippen molar-refractivity contribution in [2.24, 2.45) is 22.7 Å². The molecule has 1 aliphatic heterocycles. The van der Waals surface area contributed by atoms with E-state index >= 15 is 0 Å². The maximum absolute atomic E-state index is 12.0. The molecule has 1 unspecified atom stereocenters. The van der Waals surface area contributed by atoms with E-state index < -0.39 is 6.29 Å². The molecule has 0 N–H and O–H groups in total. The maximum atomic E-state index is 12.0.